The minimum absolute atomic E-state index is 0.143. The quantitative estimate of drug-likeness (QED) is 0.818. The van der Waals surface area contributed by atoms with Crippen LogP contribution in [0.2, 0.25) is 0 Å². The van der Waals surface area contributed by atoms with Gasteiger partial charge in [0.15, 0.2) is 0 Å². The molecule has 0 spiro atoms. The lowest BCUT2D eigenvalue weighted by Gasteiger charge is -2.19. The summed E-state index contributed by atoms with van der Waals surface area (Å²) in [6, 6.07) is 7.92. The van der Waals surface area contributed by atoms with Crippen molar-refractivity contribution in [2.45, 2.75) is 26.8 Å². The predicted octanol–water partition coefficient (Wildman–Crippen LogP) is 3.15. The Hall–Kier alpha value is -1.97. The average Bonchev–Trinajstić information content (AvgIpc) is 2.86. The van der Waals surface area contributed by atoms with Crippen LogP contribution >= 0.6 is 0 Å². The van der Waals surface area contributed by atoms with Gasteiger partial charge < -0.3 is 14.2 Å². The molecule has 0 atom stereocenters. The number of amides is 1. The van der Waals surface area contributed by atoms with Crippen LogP contribution in [-0.4, -0.2) is 36.1 Å². The summed E-state index contributed by atoms with van der Waals surface area (Å²) < 4.78 is 7.21. The van der Waals surface area contributed by atoms with Crippen molar-refractivity contribution < 1.29 is 9.53 Å². The van der Waals surface area contributed by atoms with E-state index in [4.69, 9.17) is 4.74 Å². The summed E-state index contributed by atoms with van der Waals surface area (Å²) in [6.07, 6.45) is 2.99. The van der Waals surface area contributed by atoms with Crippen molar-refractivity contribution in [1.29, 1.82) is 0 Å². The van der Waals surface area contributed by atoms with E-state index >= 15 is 0 Å². The first-order chi connectivity index (χ1) is 10.0. The van der Waals surface area contributed by atoms with Gasteiger partial charge in [0.25, 0.3) is 0 Å². The molecule has 1 amide bonds. The molecule has 0 saturated carbocycles. The Balaban J connectivity index is 2.07. The second kappa shape index (κ2) is 6.66. The van der Waals surface area contributed by atoms with E-state index in [1.165, 1.54) is 0 Å². The van der Waals surface area contributed by atoms with Crippen molar-refractivity contribution in [3.05, 3.63) is 30.5 Å². The highest BCUT2D eigenvalue weighted by Gasteiger charge is 2.11. The van der Waals surface area contributed by atoms with Gasteiger partial charge in [-0.15, -0.1) is 0 Å². The van der Waals surface area contributed by atoms with E-state index in [9.17, 15) is 4.79 Å². The molecule has 0 aliphatic heterocycles. The highest BCUT2D eigenvalue weighted by Crippen LogP contribution is 2.21. The SMILES string of the molecule is COc1ccc2c(ccn2CC(=O)N(C)CCC(C)C)c1. The minimum Gasteiger partial charge on any atom is -0.497 e. The lowest BCUT2D eigenvalue weighted by atomic mass is 10.1. The van der Waals surface area contributed by atoms with Crippen molar-refractivity contribution >= 4 is 16.8 Å². The molecule has 0 unspecified atom stereocenters. The highest BCUT2D eigenvalue weighted by molar-refractivity contribution is 5.84. The molecule has 0 radical (unpaired) electrons. The highest BCUT2D eigenvalue weighted by atomic mass is 16.5. The molecule has 4 heteroatoms. The van der Waals surface area contributed by atoms with Crippen LogP contribution in [-0.2, 0) is 11.3 Å². The molecule has 2 aromatic rings. The number of aromatic nitrogens is 1. The molecule has 0 aliphatic carbocycles. The number of fused-ring (bicyclic) bond motifs is 1. The first kappa shape index (κ1) is 15.4. The van der Waals surface area contributed by atoms with Crippen LogP contribution < -0.4 is 4.74 Å². The fourth-order valence-electron chi connectivity index (χ4n) is 2.29. The normalized spacial score (nSPS) is 11.1. The third-order valence-corrected chi connectivity index (χ3v) is 3.75. The maximum absolute atomic E-state index is 12.3. The second-order valence-corrected chi connectivity index (χ2v) is 5.87. The van der Waals surface area contributed by atoms with Crippen molar-refractivity contribution in [3.8, 4) is 5.75 Å². The van der Waals surface area contributed by atoms with Gasteiger partial charge >= 0.3 is 0 Å². The van der Waals surface area contributed by atoms with E-state index in [1.807, 2.05) is 47.0 Å². The monoisotopic (exact) mass is 288 g/mol. The van der Waals surface area contributed by atoms with Crippen LogP contribution in [0, 0.1) is 5.92 Å². The number of benzene rings is 1. The van der Waals surface area contributed by atoms with Gasteiger partial charge in [0.2, 0.25) is 5.91 Å². The Bertz CT molecular complexity index is 616. The van der Waals surface area contributed by atoms with Gasteiger partial charge in [-0.1, -0.05) is 13.8 Å². The third kappa shape index (κ3) is 3.78. The lowest BCUT2D eigenvalue weighted by Crippen LogP contribution is -2.31. The molecule has 0 N–H and O–H groups in total. The number of likely N-dealkylation sites (N-methyl/N-ethyl adjacent to an activating group) is 1. The molecule has 1 heterocycles. The zero-order valence-corrected chi connectivity index (χ0v) is 13.3. The summed E-state index contributed by atoms with van der Waals surface area (Å²) in [7, 11) is 3.53. The van der Waals surface area contributed by atoms with Crippen molar-refractivity contribution in [2.75, 3.05) is 20.7 Å². The molecule has 4 nitrogen and oxygen atoms in total. The van der Waals surface area contributed by atoms with Crippen LogP contribution in [0.15, 0.2) is 30.5 Å². The predicted molar refractivity (Wildman–Crippen MR) is 85.6 cm³/mol. The maximum Gasteiger partial charge on any atom is 0.242 e. The van der Waals surface area contributed by atoms with Crippen molar-refractivity contribution in [2.24, 2.45) is 5.92 Å². The Morgan fingerprint density at radius 2 is 2.10 bits per heavy atom. The Morgan fingerprint density at radius 1 is 1.33 bits per heavy atom. The van der Waals surface area contributed by atoms with Gasteiger partial charge in [-0.2, -0.15) is 0 Å². The minimum atomic E-state index is 0.143. The van der Waals surface area contributed by atoms with Crippen molar-refractivity contribution in [3.63, 3.8) is 0 Å². The van der Waals surface area contributed by atoms with Gasteiger partial charge in [-0.25, -0.2) is 0 Å². The smallest absolute Gasteiger partial charge is 0.242 e. The maximum atomic E-state index is 12.3. The number of hydrogen-bond donors (Lipinski definition) is 0. The van der Waals surface area contributed by atoms with Gasteiger partial charge in [-0.05, 0) is 36.6 Å². The van der Waals surface area contributed by atoms with Crippen LogP contribution in [0.5, 0.6) is 5.75 Å². The fraction of sp³-hybridized carbons (Fsp3) is 0.471. The van der Waals surface area contributed by atoms with E-state index in [0.717, 1.165) is 29.6 Å². The molecule has 114 valence electrons. The second-order valence-electron chi connectivity index (χ2n) is 5.87. The van der Waals surface area contributed by atoms with E-state index < -0.39 is 0 Å². The van der Waals surface area contributed by atoms with Crippen LogP contribution in [0.4, 0.5) is 0 Å². The molecule has 1 aromatic heterocycles. The van der Waals surface area contributed by atoms with Gasteiger partial charge in [0.05, 0.1) is 7.11 Å². The van der Waals surface area contributed by atoms with Crippen molar-refractivity contribution in [1.82, 2.24) is 9.47 Å². The molecule has 0 fully saturated rings. The number of nitrogens with zero attached hydrogens (tertiary/aromatic N) is 2. The van der Waals surface area contributed by atoms with Crippen LogP contribution in [0.3, 0.4) is 0 Å². The summed E-state index contributed by atoms with van der Waals surface area (Å²) in [6.45, 7) is 5.53. The molecule has 21 heavy (non-hydrogen) atoms. The van der Waals surface area contributed by atoms with E-state index in [1.54, 1.807) is 7.11 Å². The Labute approximate surface area is 126 Å². The molecule has 2 rings (SSSR count). The summed E-state index contributed by atoms with van der Waals surface area (Å²) in [5.41, 5.74) is 1.06. The van der Waals surface area contributed by atoms with Crippen LogP contribution in [0.25, 0.3) is 10.9 Å². The number of hydrogen-bond acceptors (Lipinski definition) is 2. The van der Waals surface area contributed by atoms with Gasteiger partial charge in [0, 0.05) is 30.7 Å². The fourth-order valence-corrected chi connectivity index (χ4v) is 2.29. The van der Waals surface area contributed by atoms with Gasteiger partial charge in [-0.3, -0.25) is 4.79 Å². The molecular formula is C17H24N2O2. The van der Waals surface area contributed by atoms with E-state index in [-0.39, 0.29) is 5.91 Å². The lowest BCUT2D eigenvalue weighted by molar-refractivity contribution is -0.130. The number of carbonyl (C=O) groups is 1. The number of carbonyl (C=O) groups excluding carboxylic acids is 1. The number of rotatable bonds is 6. The zero-order chi connectivity index (χ0) is 15.4. The molecular weight excluding hydrogens is 264 g/mol. The van der Waals surface area contributed by atoms with E-state index in [2.05, 4.69) is 13.8 Å². The largest absolute Gasteiger partial charge is 0.497 e. The molecule has 0 bridgehead atoms. The Morgan fingerprint density at radius 3 is 2.76 bits per heavy atom. The molecule has 0 aliphatic rings. The standard InChI is InChI=1S/C17H24N2O2/c1-13(2)7-9-18(3)17(20)12-19-10-8-14-11-15(21-4)5-6-16(14)19/h5-6,8,10-11,13H,7,9,12H2,1-4H3. The zero-order valence-electron chi connectivity index (χ0n) is 13.3. The number of methoxy groups -OCH3 is 1. The summed E-state index contributed by atoms with van der Waals surface area (Å²) >= 11 is 0. The van der Waals surface area contributed by atoms with Gasteiger partial charge in [0.1, 0.15) is 12.3 Å². The third-order valence-electron chi connectivity index (χ3n) is 3.75. The summed E-state index contributed by atoms with van der Waals surface area (Å²) in [4.78, 5) is 14.1. The topological polar surface area (TPSA) is 34.5 Å². The summed E-state index contributed by atoms with van der Waals surface area (Å²) in [5, 5.41) is 1.09. The Kier molecular flexibility index (Phi) is 4.89. The van der Waals surface area contributed by atoms with Crippen LogP contribution in [0.1, 0.15) is 20.3 Å². The first-order valence-corrected chi connectivity index (χ1v) is 7.38. The molecule has 1 aromatic carbocycles. The summed E-state index contributed by atoms with van der Waals surface area (Å²) in [5.74, 6) is 1.59. The average molecular weight is 288 g/mol. The van der Waals surface area contributed by atoms with E-state index in [0.29, 0.717) is 12.5 Å². The first-order valence-electron chi connectivity index (χ1n) is 7.38. The molecule has 0 saturated heterocycles. The number of ether oxygens (including phenoxy) is 1.